The summed E-state index contributed by atoms with van der Waals surface area (Å²) in [6.07, 6.45) is -3.77. The van der Waals surface area contributed by atoms with Crippen molar-refractivity contribution in [3.05, 3.63) is 67.6 Å². The molecule has 0 bridgehead atoms. The topological polar surface area (TPSA) is 94.2 Å². The first-order valence-electron chi connectivity index (χ1n) is 6.59. The lowest BCUT2D eigenvalue weighted by Crippen LogP contribution is -2.27. The maximum absolute atomic E-state index is 12.7. The van der Waals surface area contributed by atoms with Crippen LogP contribution in [0.5, 0.6) is 0 Å². The van der Waals surface area contributed by atoms with Crippen LogP contribution in [0.1, 0.15) is 5.56 Å². The third-order valence-corrected chi connectivity index (χ3v) is 3.39. The molecule has 1 N–H and O–H groups in total. The molecule has 0 atom stereocenters. The second-order valence-corrected chi connectivity index (χ2v) is 5.26. The van der Waals surface area contributed by atoms with Gasteiger partial charge in [0, 0.05) is 12.1 Å². The number of halogens is 4. The van der Waals surface area contributed by atoms with Crippen LogP contribution in [0, 0.1) is 10.1 Å². The number of carbonyl (C=O) groups is 1. The Morgan fingerprint density at radius 3 is 2.56 bits per heavy atom. The standard InChI is InChI=1S/C14H9ClF3N3O4/c15-10-3-1-8(14(16,17)18)5-11(10)19-12(22)7-20-6-9(21(24)25)2-4-13(20)23/h1-6H,7H2,(H,19,22). The summed E-state index contributed by atoms with van der Waals surface area (Å²) >= 11 is 5.75. The number of benzene rings is 1. The molecule has 1 aromatic carbocycles. The maximum atomic E-state index is 12.7. The zero-order chi connectivity index (χ0) is 18.8. The highest BCUT2D eigenvalue weighted by atomic mass is 35.5. The molecule has 0 spiro atoms. The number of carbonyl (C=O) groups excluding carboxylic acids is 1. The van der Waals surface area contributed by atoms with E-state index in [1.807, 2.05) is 0 Å². The minimum atomic E-state index is -4.62. The first-order chi connectivity index (χ1) is 11.6. The van der Waals surface area contributed by atoms with Gasteiger partial charge in [-0.1, -0.05) is 11.6 Å². The number of nitro groups is 1. The number of amides is 1. The molecule has 0 aliphatic carbocycles. The summed E-state index contributed by atoms with van der Waals surface area (Å²) in [4.78, 5) is 33.5. The van der Waals surface area contributed by atoms with E-state index >= 15 is 0 Å². The van der Waals surface area contributed by atoms with E-state index < -0.39 is 40.4 Å². The Morgan fingerprint density at radius 1 is 1.28 bits per heavy atom. The van der Waals surface area contributed by atoms with Crippen LogP contribution in [0.2, 0.25) is 5.02 Å². The zero-order valence-corrected chi connectivity index (χ0v) is 13.0. The van der Waals surface area contributed by atoms with Gasteiger partial charge in [-0.05, 0) is 18.2 Å². The van der Waals surface area contributed by atoms with Gasteiger partial charge in [0.15, 0.2) is 0 Å². The van der Waals surface area contributed by atoms with E-state index in [2.05, 4.69) is 5.32 Å². The molecule has 0 fully saturated rings. The van der Waals surface area contributed by atoms with Crippen LogP contribution in [-0.4, -0.2) is 15.4 Å². The molecule has 132 valence electrons. The fraction of sp³-hybridized carbons (Fsp3) is 0.143. The number of hydrogen-bond donors (Lipinski definition) is 1. The van der Waals surface area contributed by atoms with Gasteiger partial charge in [-0.2, -0.15) is 13.2 Å². The predicted molar refractivity (Wildman–Crippen MR) is 82.4 cm³/mol. The summed E-state index contributed by atoms with van der Waals surface area (Å²) in [5.74, 6) is -0.871. The van der Waals surface area contributed by atoms with Crippen molar-refractivity contribution in [1.82, 2.24) is 4.57 Å². The Balaban J connectivity index is 2.23. The highest BCUT2D eigenvalue weighted by Crippen LogP contribution is 2.33. The van der Waals surface area contributed by atoms with Crippen molar-refractivity contribution in [3.8, 4) is 0 Å². The minimum absolute atomic E-state index is 0.132. The van der Waals surface area contributed by atoms with Gasteiger partial charge < -0.3 is 5.32 Å². The highest BCUT2D eigenvalue weighted by Gasteiger charge is 2.31. The van der Waals surface area contributed by atoms with Crippen LogP contribution in [0.15, 0.2) is 41.3 Å². The number of alkyl halides is 3. The van der Waals surface area contributed by atoms with Gasteiger partial charge in [-0.25, -0.2) is 0 Å². The van der Waals surface area contributed by atoms with Crippen LogP contribution >= 0.6 is 11.6 Å². The molecule has 25 heavy (non-hydrogen) atoms. The number of nitrogens with zero attached hydrogens (tertiary/aromatic N) is 2. The Bertz CT molecular complexity index is 896. The molecule has 2 aromatic rings. The Morgan fingerprint density at radius 2 is 1.96 bits per heavy atom. The normalized spacial score (nSPS) is 11.2. The van der Waals surface area contributed by atoms with Crippen LogP contribution < -0.4 is 10.9 Å². The lowest BCUT2D eigenvalue weighted by molar-refractivity contribution is -0.385. The van der Waals surface area contributed by atoms with Gasteiger partial charge in [0.2, 0.25) is 5.91 Å². The Hall–Kier alpha value is -2.88. The molecule has 0 aliphatic heterocycles. The molecule has 1 amide bonds. The van der Waals surface area contributed by atoms with Crippen molar-refractivity contribution in [3.63, 3.8) is 0 Å². The number of rotatable bonds is 4. The van der Waals surface area contributed by atoms with E-state index in [4.69, 9.17) is 11.6 Å². The Labute approximate surface area is 142 Å². The quantitative estimate of drug-likeness (QED) is 0.656. The molecule has 0 saturated heterocycles. The van der Waals surface area contributed by atoms with E-state index in [0.717, 1.165) is 35.0 Å². The van der Waals surface area contributed by atoms with Crippen LogP contribution in [0.3, 0.4) is 0 Å². The highest BCUT2D eigenvalue weighted by molar-refractivity contribution is 6.33. The van der Waals surface area contributed by atoms with E-state index in [1.54, 1.807) is 0 Å². The van der Waals surface area contributed by atoms with Crippen molar-refractivity contribution in [1.29, 1.82) is 0 Å². The van der Waals surface area contributed by atoms with Crippen LogP contribution in [0.25, 0.3) is 0 Å². The summed E-state index contributed by atoms with van der Waals surface area (Å²) in [5, 5.41) is 12.7. The maximum Gasteiger partial charge on any atom is 0.416 e. The van der Waals surface area contributed by atoms with Crippen molar-refractivity contribution < 1.29 is 22.9 Å². The van der Waals surface area contributed by atoms with Crippen LogP contribution in [0.4, 0.5) is 24.5 Å². The minimum Gasteiger partial charge on any atom is -0.323 e. The monoisotopic (exact) mass is 375 g/mol. The average molecular weight is 376 g/mol. The number of aromatic nitrogens is 1. The van der Waals surface area contributed by atoms with Crippen molar-refractivity contribution in [2.24, 2.45) is 0 Å². The van der Waals surface area contributed by atoms with E-state index in [9.17, 15) is 32.9 Å². The third kappa shape index (κ3) is 4.57. The molecule has 0 saturated carbocycles. The smallest absolute Gasteiger partial charge is 0.323 e. The van der Waals surface area contributed by atoms with E-state index in [0.29, 0.717) is 6.07 Å². The molecule has 11 heteroatoms. The van der Waals surface area contributed by atoms with E-state index in [1.165, 1.54) is 0 Å². The van der Waals surface area contributed by atoms with Gasteiger partial charge in [-0.15, -0.1) is 0 Å². The third-order valence-electron chi connectivity index (χ3n) is 3.06. The van der Waals surface area contributed by atoms with Crippen LogP contribution in [-0.2, 0) is 17.5 Å². The number of pyridine rings is 1. The second-order valence-electron chi connectivity index (χ2n) is 4.85. The fourth-order valence-corrected chi connectivity index (χ4v) is 2.06. The second kappa shape index (κ2) is 6.93. The lowest BCUT2D eigenvalue weighted by Gasteiger charge is -2.12. The Kier molecular flexibility index (Phi) is 5.12. The summed E-state index contributed by atoms with van der Waals surface area (Å²) < 4.78 is 38.8. The summed E-state index contributed by atoms with van der Waals surface area (Å²) in [5.41, 5.74) is -2.40. The SMILES string of the molecule is O=C(Cn1cc([N+](=O)[O-])ccc1=O)Nc1cc(C(F)(F)F)ccc1Cl. The lowest BCUT2D eigenvalue weighted by atomic mass is 10.2. The molecule has 0 unspecified atom stereocenters. The largest absolute Gasteiger partial charge is 0.416 e. The van der Waals surface area contributed by atoms with Gasteiger partial charge in [0.25, 0.3) is 11.2 Å². The molecular formula is C14H9ClF3N3O4. The van der Waals surface area contributed by atoms with Gasteiger partial charge in [-0.3, -0.25) is 24.3 Å². The van der Waals surface area contributed by atoms with Crippen molar-refractivity contribution in [2.75, 3.05) is 5.32 Å². The van der Waals surface area contributed by atoms with Crippen molar-refractivity contribution >= 4 is 28.9 Å². The van der Waals surface area contributed by atoms with Crippen molar-refractivity contribution in [2.45, 2.75) is 12.7 Å². The molecule has 2 rings (SSSR count). The van der Waals surface area contributed by atoms with E-state index in [-0.39, 0.29) is 10.7 Å². The number of hydrogen-bond acceptors (Lipinski definition) is 4. The number of anilines is 1. The molecule has 1 aromatic heterocycles. The summed E-state index contributed by atoms with van der Waals surface area (Å²) in [7, 11) is 0. The van der Waals surface area contributed by atoms with Gasteiger partial charge in [0.1, 0.15) is 6.54 Å². The van der Waals surface area contributed by atoms with Gasteiger partial charge in [0.05, 0.1) is 27.4 Å². The molecule has 0 aliphatic rings. The zero-order valence-electron chi connectivity index (χ0n) is 12.2. The average Bonchev–Trinajstić information content (AvgIpc) is 2.50. The van der Waals surface area contributed by atoms with Gasteiger partial charge >= 0.3 is 6.18 Å². The number of nitrogens with one attached hydrogen (secondary N) is 1. The molecule has 0 radical (unpaired) electrons. The first kappa shape index (κ1) is 18.5. The molecule has 7 nitrogen and oxygen atoms in total. The first-order valence-corrected chi connectivity index (χ1v) is 6.97. The summed E-state index contributed by atoms with van der Waals surface area (Å²) in [6.45, 7) is -0.632. The summed E-state index contributed by atoms with van der Waals surface area (Å²) in [6, 6.07) is 4.25. The molecule has 1 heterocycles. The fourth-order valence-electron chi connectivity index (χ4n) is 1.89. The molecular weight excluding hydrogens is 367 g/mol. The predicted octanol–water partition coefficient (Wildman–Crippen LogP) is 3.07.